The second kappa shape index (κ2) is 6.39. The fourth-order valence-corrected chi connectivity index (χ4v) is 2.61. The first-order chi connectivity index (χ1) is 9.17. The van der Waals surface area contributed by atoms with E-state index in [2.05, 4.69) is 67.8 Å². The van der Waals surface area contributed by atoms with Crippen molar-refractivity contribution in [3.8, 4) is 0 Å². The molecule has 19 heavy (non-hydrogen) atoms. The smallest absolute Gasteiger partial charge is 0.0739 e. The molecule has 0 aliphatic rings. The van der Waals surface area contributed by atoms with Gasteiger partial charge in [-0.15, -0.1) is 0 Å². The molecule has 4 nitrogen and oxygen atoms in total. The van der Waals surface area contributed by atoms with Crippen LogP contribution >= 0.6 is 15.9 Å². The highest BCUT2D eigenvalue weighted by molar-refractivity contribution is 9.10. The van der Waals surface area contributed by atoms with Gasteiger partial charge < -0.3 is 9.88 Å². The molecule has 0 aromatic carbocycles. The minimum atomic E-state index is 0.850. The Hall–Kier alpha value is -1.07. The number of aromatic nitrogens is 3. The van der Waals surface area contributed by atoms with Gasteiger partial charge in [-0.05, 0) is 48.5 Å². The van der Waals surface area contributed by atoms with Gasteiger partial charge in [0, 0.05) is 25.0 Å². The van der Waals surface area contributed by atoms with Crippen molar-refractivity contribution in [2.45, 2.75) is 40.4 Å². The van der Waals surface area contributed by atoms with Crippen LogP contribution in [0.5, 0.6) is 0 Å². The van der Waals surface area contributed by atoms with Crippen LogP contribution in [0.1, 0.15) is 30.9 Å². The minimum Gasteiger partial charge on any atom is -0.344 e. The molecule has 0 unspecified atom stereocenters. The predicted octanol–water partition coefficient (Wildman–Crippen LogP) is 2.93. The summed E-state index contributed by atoms with van der Waals surface area (Å²) >= 11 is 3.65. The molecule has 0 fully saturated rings. The van der Waals surface area contributed by atoms with E-state index in [0.717, 1.165) is 36.3 Å². The molecule has 0 amide bonds. The van der Waals surface area contributed by atoms with E-state index in [-0.39, 0.29) is 0 Å². The van der Waals surface area contributed by atoms with Gasteiger partial charge in [-0.2, -0.15) is 5.10 Å². The van der Waals surface area contributed by atoms with Crippen molar-refractivity contribution in [3.63, 3.8) is 0 Å². The van der Waals surface area contributed by atoms with Crippen molar-refractivity contribution in [2.24, 2.45) is 0 Å². The first-order valence-corrected chi connectivity index (χ1v) is 7.53. The summed E-state index contributed by atoms with van der Waals surface area (Å²) < 4.78 is 5.46. The van der Waals surface area contributed by atoms with Crippen molar-refractivity contribution in [2.75, 3.05) is 6.54 Å². The third-order valence-electron chi connectivity index (χ3n) is 3.25. The summed E-state index contributed by atoms with van der Waals surface area (Å²) in [6.07, 6.45) is 2.13. The molecule has 2 heterocycles. The van der Waals surface area contributed by atoms with E-state index in [9.17, 15) is 0 Å². The Balaban J connectivity index is 2.24. The number of rotatable bonds is 6. The Morgan fingerprint density at radius 2 is 2.16 bits per heavy atom. The number of halogens is 1. The van der Waals surface area contributed by atoms with Crippen LogP contribution in [-0.2, 0) is 19.6 Å². The summed E-state index contributed by atoms with van der Waals surface area (Å²) in [4.78, 5) is 0. The summed E-state index contributed by atoms with van der Waals surface area (Å²) in [7, 11) is 0. The molecule has 0 bridgehead atoms. The van der Waals surface area contributed by atoms with E-state index in [0.29, 0.717) is 0 Å². The molecule has 1 N–H and O–H groups in total. The van der Waals surface area contributed by atoms with Crippen LogP contribution in [0.15, 0.2) is 22.8 Å². The van der Waals surface area contributed by atoms with Gasteiger partial charge in [0.25, 0.3) is 0 Å². The highest BCUT2D eigenvalue weighted by atomic mass is 79.9. The lowest BCUT2D eigenvalue weighted by molar-refractivity contribution is 0.582. The van der Waals surface area contributed by atoms with E-state index >= 15 is 0 Å². The summed E-state index contributed by atoms with van der Waals surface area (Å²) in [5, 5.41) is 7.91. The summed E-state index contributed by atoms with van der Waals surface area (Å²) in [6.45, 7) is 9.92. The Kier molecular flexibility index (Phi) is 4.82. The van der Waals surface area contributed by atoms with E-state index in [1.807, 2.05) is 6.92 Å². The number of hydrogen-bond acceptors (Lipinski definition) is 2. The highest BCUT2D eigenvalue weighted by Crippen LogP contribution is 2.22. The highest BCUT2D eigenvalue weighted by Gasteiger charge is 2.13. The first kappa shape index (κ1) is 14.3. The molecule has 0 saturated heterocycles. The molecule has 0 aliphatic heterocycles. The standard InChI is InChI=1S/C14H21BrN4/c1-4-16-9-12-7-6-8-18(12)10-13-14(15)11(3)17-19(13)5-2/h6-8,16H,4-5,9-10H2,1-3H3. The molecule has 2 rings (SSSR count). The largest absolute Gasteiger partial charge is 0.344 e. The normalized spacial score (nSPS) is 11.2. The SMILES string of the molecule is CCNCc1cccn1Cc1c(Br)c(C)nn1CC. The number of hydrogen-bond donors (Lipinski definition) is 1. The maximum atomic E-state index is 4.54. The van der Waals surface area contributed by atoms with Crippen molar-refractivity contribution >= 4 is 15.9 Å². The van der Waals surface area contributed by atoms with Gasteiger partial charge >= 0.3 is 0 Å². The molecular weight excluding hydrogens is 304 g/mol. The van der Waals surface area contributed by atoms with E-state index in [4.69, 9.17) is 0 Å². The van der Waals surface area contributed by atoms with Crippen molar-refractivity contribution in [3.05, 3.63) is 39.9 Å². The van der Waals surface area contributed by atoms with Crippen molar-refractivity contribution in [1.82, 2.24) is 19.7 Å². The molecule has 2 aromatic heterocycles. The fraction of sp³-hybridized carbons (Fsp3) is 0.500. The lowest BCUT2D eigenvalue weighted by Gasteiger charge is -2.11. The van der Waals surface area contributed by atoms with Crippen molar-refractivity contribution in [1.29, 1.82) is 0 Å². The summed E-state index contributed by atoms with van der Waals surface area (Å²) in [6, 6.07) is 4.26. The van der Waals surface area contributed by atoms with Gasteiger partial charge in [0.1, 0.15) is 0 Å². The number of nitrogens with zero attached hydrogens (tertiary/aromatic N) is 3. The molecule has 104 valence electrons. The average Bonchev–Trinajstić information content (AvgIpc) is 2.96. The zero-order valence-electron chi connectivity index (χ0n) is 11.8. The Morgan fingerprint density at radius 1 is 1.37 bits per heavy atom. The molecule has 0 aliphatic carbocycles. The maximum Gasteiger partial charge on any atom is 0.0739 e. The van der Waals surface area contributed by atoms with Gasteiger partial charge in [0.05, 0.1) is 22.4 Å². The minimum absolute atomic E-state index is 0.850. The molecule has 0 spiro atoms. The number of nitrogens with one attached hydrogen (secondary N) is 1. The average molecular weight is 325 g/mol. The zero-order valence-corrected chi connectivity index (χ0v) is 13.4. The van der Waals surface area contributed by atoms with E-state index in [1.165, 1.54) is 11.4 Å². The molecule has 0 saturated carbocycles. The monoisotopic (exact) mass is 324 g/mol. The second-order valence-corrected chi connectivity index (χ2v) is 5.36. The van der Waals surface area contributed by atoms with Crippen LogP contribution in [0.25, 0.3) is 0 Å². The fourth-order valence-electron chi connectivity index (χ4n) is 2.20. The maximum absolute atomic E-state index is 4.54. The second-order valence-electron chi connectivity index (χ2n) is 4.57. The topological polar surface area (TPSA) is 34.8 Å². The molecule has 0 radical (unpaired) electrons. The van der Waals surface area contributed by atoms with E-state index < -0.39 is 0 Å². The zero-order chi connectivity index (χ0) is 13.8. The van der Waals surface area contributed by atoms with Gasteiger partial charge in [-0.25, -0.2) is 0 Å². The molecule has 2 aromatic rings. The van der Waals surface area contributed by atoms with Crippen LogP contribution in [0, 0.1) is 6.92 Å². The molecule has 0 atom stereocenters. The third-order valence-corrected chi connectivity index (χ3v) is 4.28. The van der Waals surface area contributed by atoms with Crippen LogP contribution in [0.4, 0.5) is 0 Å². The molecular formula is C14H21BrN4. The van der Waals surface area contributed by atoms with Gasteiger partial charge in [-0.1, -0.05) is 6.92 Å². The quantitative estimate of drug-likeness (QED) is 0.886. The lowest BCUT2D eigenvalue weighted by Crippen LogP contribution is -2.16. The Bertz CT molecular complexity index is 542. The van der Waals surface area contributed by atoms with E-state index in [1.54, 1.807) is 0 Å². The van der Waals surface area contributed by atoms with Gasteiger partial charge in [0.2, 0.25) is 0 Å². The van der Waals surface area contributed by atoms with Gasteiger partial charge in [-0.3, -0.25) is 4.68 Å². The Morgan fingerprint density at radius 3 is 2.84 bits per heavy atom. The Labute approximate surface area is 122 Å². The third kappa shape index (κ3) is 3.09. The van der Waals surface area contributed by atoms with Gasteiger partial charge in [0.15, 0.2) is 0 Å². The first-order valence-electron chi connectivity index (χ1n) is 6.73. The molecule has 5 heteroatoms. The summed E-state index contributed by atoms with van der Waals surface area (Å²) in [5.74, 6) is 0. The summed E-state index contributed by atoms with van der Waals surface area (Å²) in [5.41, 5.74) is 3.58. The van der Waals surface area contributed by atoms with Crippen LogP contribution in [-0.4, -0.2) is 20.9 Å². The lowest BCUT2D eigenvalue weighted by atomic mass is 10.3. The number of aryl methyl sites for hydroxylation is 2. The predicted molar refractivity (Wildman–Crippen MR) is 81.3 cm³/mol. The van der Waals surface area contributed by atoms with Crippen LogP contribution < -0.4 is 5.32 Å². The van der Waals surface area contributed by atoms with Crippen molar-refractivity contribution < 1.29 is 0 Å². The van der Waals surface area contributed by atoms with Crippen LogP contribution in [0.3, 0.4) is 0 Å². The van der Waals surface area contributed by atoms with Crippen LogP contribution in [0.2, 0.25) is 0 Å².